The first-order valence-electron chi connectivity index (χ1n) is 6.67. The maximum atomic E-state index is 11.8. The number of aliphatic hydroxyl groups excluding tert-OH is 1. The second-order valence-corrected chi connectivity index (χ2v) is 5.67. The van der Waals surface area contributed by atoms with E-state index in [2.05, 4.69) is 10.3 Å². The standard InChI is InChI=1S/C12H19N5O3S/c13-9(8-18)11(20)17-4-2-16(3-5-17)7-10(19)15-12-14-1-6-21-12/h1,6,9,18H,2-5,7-8,13H2,(H,14,15,19). The van der Waals surface area contributed by atoms with Crippen LogP contribution in [0.5, 0.6) is 0 Å². The molecule has 8 nitrogen and oxygen atoms in total. The molecule has 1 aliphatic heterocycles. The van der Waals surface area contributed by atoms with Crippen molar-refractivity contribution in [3.8, 4) is 0 Å². The van der Waals surface area contributed by atoms with Crippen LogP contribution in [0.2, 0.25) is 0 Å². The number of carbonyl (C=O) groups is 2. The Morgan fingerprint density at radius 3 is 2.71 bits per heavy atom. The highest BCUT2D eigenvalue weighted by Crippen LogP contribution is 2.10. The highest BCUT2D eigenvalue weighted by molar-refractivity contribution is 7.13. The van der Waals surface area contributed by atoms with E-state index in [1.165, 1.54) is 11.3 Å². The summed E-state index contributed by atoms with van der Waals surface area (Å²) < 4.78 is 0. The summed E-state index contributed by atoms with van der Waals surface area (Å²) in [7, 11) is 0. The number of hydrogen-bond donors (Lipinski definition) is 3. The minimum absolute atomic E-state index is 0.114. The predicted octanol–water partition coefficient (Wildman–Crippen LogP) is -1.45. The molecule has 9 heteroatoms. The lowest BCUT2D eigenvalue weighted by atomic mass is 10.2. The van der Waals surface area contributed by atoms with Crippen molar-refractivity contribution in [1.29, 1.82) is 0 Å². The number of rotatable bonds is 5. The van der Waals surface area contributed by atoms with Crippen molar-refractivity contribution < 1.29 is 14.7 Å². The molecule has 1 aromatic heterocycles. The molecule has 2 heterocycles. The first-order valence-corrected chi connectivity index (χ1v) is 7.55. The molecule has 2 amide bonds. The van der Waals surface area contributed by atoms with Crippen molar-refractivity contribution in [2.24, 2.45) is 5.73 Å². The average molecular weight is 313 g/mol. The van der Waals surface area contributed by atoms with Crippen LogP contribution >= 0.6 is 11.3 Å². The summed E-state index contributed by atoms with van der Waals surface area (Å²) >= 11 is 1.37. The number of piperazine rings is 1. The third-order valence-corrected chi connectivity index (χ3v) is 3.93. The fourth-order valence-corrected chi connectivity index (χ4v) is 2.63. The molecule has 4 N–H and O–H groups in total. The Labute approximate surface area is 126 Å². The van der Waals surface area contributed by atoms with Crippen LogP contribution in [0.3, 0.4) is 0 Å². The van der Waals surface area contributed by atoms with Crippen LogP contribution in [0.25, 0.3) is 0 Å². The number of nitrogens with one attached hydrogen (secondary N) is 1. The maximum absolute atomic E-state index is 11.8. The van der Waals surface area contributed by atoms with Gasteiger partial charge in [-0.1, -0.05) is 0 Å². The summed E-state index contributed by atoms with van der Waals surface area (Å²) in [6.07, 6.45) is 1.63. The van der Waals surface area contributed by atoms with Crippen LogP contribution < -0.4 is 11.1 Å². The van der Waals surface area contributed by atoms with E-state index >= 15 is 0 Å². The smallest absolute Gasteiger partial charge is 0.241 e. The van der Waals surface area contributed by atoms with Gasteiger partial charge in [0.15, 0.2) is 5.13 Å². The Balaban J connectivity index is 1.74. The zero-order valence-electron chi connectivity index (χ0n) is 11.6. The monoisotopic (exact) mass is 313 g/mol. The van der Waals surface area contributed by atoms with Gasteiger partial charge in [-0.15, -0.1) is 11.3 Å². The predicted molar refractivity (Wildman–Crippen MR) is 78.8 cm³/mol. The van der Waals surface area contributed by atoms with E-state index in [-0.39, 0.29) is 25.0 Å². The molecule has 1 aliphatic rings. The second-order valence-electron chi connectivity index (χ2n) is 4.78. The first kappa shape index (κ1) is 15.8. The SMILES string of the molecule is NC(CO)C(=O)N1CCN(CC(=O)Nc2nccs2)CC1. The van der Waals surface area contributed by atoms with E-state index in [1.54, 1.807) is 16.5 Å². The third-order valence-electron chi connectivity index (χ3n) is 3.24. The molecule has 0 bridgehead atoms. The average Bonchev–Trinajstić information content (AvgIpc) is 2.99. The Kier molecular flexibility index (Phi) is 5.62. The molecule has 0 saturated carbocycles. The van der Waals surface area contributed by atoms with Crippen molar-refractivity contribution >= 4 is 28.3 Å². The topological polar surface area (TPSA) is 112 Å². The van der Waals surface area contributed by atoms with Crippen LogP contribution in [0.1, 0.15) is 0 Å². The molecular formula is C12H19N5O3S. The number of nitrogens with zero attached hydrogens (tertiary/aromatic N) is 3. The molecule has 21 heavy (non-hydrogen) atoms. The van der Waals surface area contributed by atoms with E-state index < -0.39 is 6.04 Å². The number of anilines is 1. The van der Waals surface area contributed by atoms with E-state index in [1.807, 2.05) is 4.90 Å². The second kappa shape index (κ2) is 7.46. The largest absolute Gasteiger partial charge is 0.394 e. The number of thiazole rings is 1. The van der Waals surface area contributed by atoms with E-state index in [9.17, 15) is 9.59 Å². The minimum Gasteiger partial charge on any atom is -0.394 e. The van der Waals surface area contributed by atoms with Crippen molar-refractivity contribution in [3.63, 3.8) is 0 Å². The van der Waals surface area contributed by atoms with Gasteiger partial charge >= 0.3 is 0 Å². The summed E-state index contributed by atoms with van der Waals surface area (Å²) in [4.78, 5) is 31.2. The van der Waals surface area contributed by atoms with Gasteiger partial charge in [0.05, 0.1) is 13.2 Å². The van der Waals surface area contributed by atoms with Crippen LogP contribution in [0, 0.1) is 0 Å². The summed E-state index contributed by atoms with van der Waals surface area (Å²) in [6.45, 7) is 2.15. The number of carbonyl (C=O) groups excluding carboxylic acids is 2. The quantitative estimate of drug-likeness (QED) is 0.613. The number of aromatic nitrogens is 1. The molecule has 2 rings (SSSR count). The Bertz CT molecular complexity index is 473. The summed E-state index contributed by atoms with van der Waals surface area (Å²) in [5.41, 5.74) is 5.51. The number of amides is 2. The van der Waals surface area contributed by atoms with Gasteiger partial charge in [-0.25, -0.2) is 4.98 Å². The van der Waals surface area contributed by atoms with Gasteiger partial charge in [0.2, 0.25) is 11.8 Å². The lowest BCUT2D eigenvalue weighted by Crippen LogP contribution is -2.54. The van der Waals surface area contributed by atoms with E-state index in [0.717, 1.165) is 0 Å². The molecule has 1 atom stereocenters. The van der Waals surface area contributed by atoms with Crippen LogP contribution in [-0.2, 0) is 9.59 Å². The highest BCUT2D eigenvalue weighted by atomic mass is 32.1. The van der Waals surface area contributed by atoms with Crippen molar-refractivity contribution in [1.82, 2.24) is 14.8 Å². The summed E-state index contributed by atoms with van der Waals surface area (Å²) in [6, 6.07) is -0.857. The van der Waals surface area contributed by atoms with E-state index in [4.69, 9.17) is 10.8 Å². The Morgan fingerprint density at radius 1 is 1.43 bits per heavy atom. The zero-order chi connectivity index (χ0) is 15.2. The van der Waals surface area contributed by atoms with Gasteiger partial charge < -0.3 is 21.1 Å². The van der Waals surface area contributed by atoms with Crippen LogP contribution in [-0.4, -0.2) is 77.1 Å². The fourth-order valence-electron chi connectivity index (χ4n) is 2.09. The molecule has 1 fully saturated rings. The lowest BCUT2D eigenvalue weighted by molar-refractivity contribution is -0.135. The fraction of sp³-hybridized carbons (Fsp3) is 0.583. The molecular weight excluding hydrogens is 294 g/mol. The van der Waals surface area contributed by atoms with Crippen molar-refractivity contribution in [2.45, 2.75) is 6.04 Å². The molecule has 0 aliphatic carbocycles. The van der Waals surface area contributed by atoms with Gasteiger partial charge in [-0.3, -0.25) is 14.5 Å². The third kappa shape index (κ3) is 4.46. The molecule has 1 saturated heterocycles. The van der Waals surface area contributed by atoms with Gasteiger partial charge in [-0.05, 0) is 0 Å². The number of nitrogens with two attached hydrogens (primary N) is 1. The molecule has 1 unspecified atom stereocenters. The normalized spacial score (nSPS) is 17.5. The summed E-state index contributed by atoms with van der Waals surface area (Å²) in [5.74, 6) is -0.360. The first-order chi connectivity index (χ1) is 10.1. The molecule has 0 radical (unpaired) electrons. The van der Waals surface area contributed by atoms with Crippen molar-refractivity contribution in [3.05, 3.63) is 11.6 Å². The maximum Gasteiger partial charge on any atom is 0.241 e. The van der Waals surface area contributed by atoms with Crippen LogP contribution in [0.4, 0.5) is 5.13 Å². The lowest BCUT2D eigenvalue weighted by Gasteiger charge is -2.35. The molecule has 0 aromatic carbocycles. The highest BCUT2D eigenvalue weighted by Gasteiger charge is 2.25. The molecule has 1 aromatic rings. The van der Waals surface area contributed by atoms with Gasteiger partial charge in [0.25, 0.3) is 0 Å². The molecule has 0 spiro atoms. The van der Waals surface area contributed by atoms with E-state index in [0.29, 0.717) is 31.3 Å². The number of aliphatic hydroxyl groups is 1. The van der Waals surface area contributed by atoms with Gasteiger partial charge in [-0.2, -0.15) is 0 Å². The minimum atomic E-state index is -0.857. The van der Waals surface area contributed by atoms with Crippen LogP contribution in [0.15, 0.2) is 11.6 Å². The summed E-state index contributed by atoms with van der Waals surface area (Å²) in [5, 5.41) is 14.0. The zero-order valence-corrected chi connectivity index (χ0v) is 12.4. The van der Waals surface area contributed by atoms with Crippen molar-refractivity contribution in [2.75, 3.05) is 44.6 Å². The van der Waals surface area contributed by atoms with Gasteiger partial charge in [0, 0.05) is 37.8 Å². The Morgan fingerprint density at radius 2 is 2.14 bits per heavy atom. The Hall–Kier alpha value is -1.55. The van der Waals surface area contributed by atoms with Gasteiger partial charge in [0.1, 0.15) is 6.04 Å². The number of hydrogen-bond acceptors (Lipinski definition) is 7. The molecule has 116 valence electrons.